The van der Waals surface area contributed by atoms with Crippen LogP contribution in [0.4, 0.5) is 5.69 Å². The molecule has 2 aromatic carbocycles. The number of benzene rings is 2. The van der Waals surface area contributed by atoms with Gasteiger partial charge in [0.1, 0.15) is 11.4 Å². The van der Waals surface area contributed by atoms with E-state index in [1.165, 1.54) is 5.56 Å². The van der Waals surface area contributed by atoms with Gasteiger partial charge in [0.05, 0.1) is 11.9 Å². The molecular weight excluding hydrogens is 470 g/mol. The second-order valence-electron chi connectivity index (χ2n) is 9.30. The lowest BCUT2D eigenvalue weighted by Gasteiger charge is -2.34. The predicted molar refractivity (Wildman–Crippen MR) is 141 cm³/mol. The summed E-state index contributed by atoms with van der Waals surface area (Å²) in [4.78, 5) is 22.1. The van der Waals surface area contributed by atoms with Crippen LogP contribution >= 0.6 is 0 Å². The van der Waals surface area contributed by atoms with Gasteiger partial charge in [0, 0.05) is 63.8 Å². The molecule has 1 N–H and O–H groups in total. The smallest absolute Gasteiger partial charge is 0.270 e. The van der Waals surface area contributed by atoms with E-state index in [0.717, 1.165) is 47.7 Å². The normalized spacial score (nSPS) is 15.2. The summed E-state index contributed by atoms with van der Waals surface area (Å²) in [5, 5.41) is 4.00. The fourth-order valence-electron chi connectivity index (χ4n) is 4.87. The van der Waals surface area contributed by atoms with E-state index >= 15 is 0 Å². The molecule has 0 radical (unpaired) electrons. The number of ether oxygens (including phenoxy) is 3. The molecule has 9 heteroatoms. The molecule has 4 heterocycles. The van der Waals surface area contributed by atoms with Crippen LogP contribution in [0.25, 0.3) is 10.9 Å². The summed E-state index contributed by atoms with van der Waals surface area (Å²) in [5.74, 6) is 2.85. The van der Waals surface area contributed by atoms with Gasteiger partial charge in [-0.25, -0.2) is 4.98 Å². The standard InChI is InChI=1S/C28H29N5O4/c1-29-21-4-8-27(30-16-21)37-22-5-6-23-20(14-22)15-24(31(23)2)28(34)33-11-9-32(10-12-33)17-19-3-7-25-26(13-19)36-18-35-25/h3-8,13-16,29H,9-12,17-18H2,1-2H3. The number of aromatic nitrogens is 2. The van der Waals surface area contributed by atoms with Gasteiger partial charge in [-0.05, 0) is 48.0 Å². The maximum absolute atomic E-state index is 13.4. The van der Waals surface area contributed by atoms with Crippen LogP contribution in [0.1, 0.15) is 16.1 Å². The third-order valence-electron chi connectivity index (χ3n) is 6.98. The molecular formula is C28H29N5O4. The minimum Gasteiger partial charge on any atom is -0.454 e. The van der Waals surface area contributed by atoms with Crippen LogP contribution in [0.2, 0.25) is 0 Å². The van der Waals surface area contributed by atoms with Crippen LogP contribution < -0.4 is 19.5 Å². The molecule has 0 aliphatic carbocycles. The maximum atomic E-state index is 13.4. The number of pyridine rings is 1. The maximum Gasteiger partial charge on any atom is 0.270 e. The van der Waals surface area contributed by atoms with Gasteiger partial charge < -0.3 is 29.0 Å². The van der Waals surface area contributed by atoms with Gasteiger partial charge in [-0.3, -0.25) is 9.69 Å². The minimum absolute atomic E-state index is 0.0493. The Labute approximate surface area is 215 Å². The number of hydrogen-bond donors (Lipinski definition) is 1. The molecule has 2 aromatic heterocycles. The summed E-state index contributed by atoms with van der Waals surface area (Å²) >= 11 is 0. The average Bonchev–Trinajstić information content (AvgIpc) is 3.53. The van der Waals surface area contributed by atoms with E-state index in [9.17, 15) is 4.79 Å². The Balaban J connectivity index is 1.11. The Bertz CT molecular complexity index is 1440. The van der Waals surface area contributed by atoms with Gasteiger partial charge in [0.2, 0.25) is 12.7 Å². The van der Waals surface area contributed by atoms with Crippen molar-refractivity contribution in [1.29, 1.82) is 0 Å². The lowest BCUT2D eigenvalue weighted by molar-refractivity contribution is 0.0619. The summed E-state index contributed by atoms with van der Waals surface area (Å²) in [6.07, 6.45) is 1.72. The second kappa shape index (κ2) is 9.67. The van der Waals surface area contributed by atoms with E-state index in [0.29, 0.717) is 30.4 Å². The van der Waals surface area contributed by atoms with Gasteiger partial charge in [-0.1, -0.05) is 6.07 Å². The van der Waals surface area contributed by atoms with Crippen molar-refractivity contribution in [2.75, 3.05) is 45.3 Å². The van der Waals surface area contributed by atoms with Crippen LogP contribution in [0.3, 0.4) is 0 Å². The van der Waals surface area contributed by atoms with Gasteiger partial charge >= 0.3 is 0 Å². The van der Waals surface area contributed by atoms with Gasteiger partial charge in [0.15, 0.2) is 11.5 Å². The van der Waals surface area contributed by atoms with Gasteiger partial charge in [0.25, 0.3) is 5.91 Å². The fraction of sp³-hybridized carbons (Fsp3) is 0.286. The highest BCUT2D eigenvalue weighted by atomic mass is 16.7. The first-order chi connectivity index (χ1) is 18.1. The molecule has 0 unspecified atom stereocenters. The molecule has 0 saturated carbocycles. The summed E-state index contributed by atoms with van der Waals surface area (Å²) in [6.45, 7) is 4.12. The fourth-order valence-corrected chi connectivity index (χ4v) is 4.87. The van der Waals surface area contributed by atoms with Crippen molar-refractivity contribution in [3.8, 4) is 23.1 Å². The number of aryl methyl sites for hydroxylation is 1. The number of fused-ring (bicyclic) bond motifs is 2. The number of carbonyl (C=O) groups excluding carboxylic acids is 1. The number of piperazine rings is 1. The average molecular weight is 500 g/mol. The molecule has 0 atom stereocenters. The lowest BCUT2D eigenvalue weighted by Crippen LogP contribution is -2.48. The van der Waals surface area contributed by atoms with E-state index in [4.69, 9.17) is 14.2 Å². The zero-order valence-electron chi connectivity index (χ0n) is 20.9. The van der Waals surface area contributed by atoms with Crippen LogP contribution in [-0.2, 0) is 13.6 Å². The predicted octanol–water partition coefficient (Wildman–Crippen LogP) is 4.09. The van der Waals surface area contributed by atoms with E-state index in [-0.39, 0.29) is 12.7 Å². The third kappa shape index (κ3) is 4.65. The summed E-state index contributed by atoms with van der Waals surface area (Å²) < 4.78 is 18.8. The van der Waals surface area contributed by atoms with Crippen LogP contribution in [0.5, 0.6) is 23.1 Å². The van der Waals surface area contributed by atoms with E-state index < -0.39 is 0 Å². The SMILES string of the molecule is CNc1ccc(Oc2ccc3c(c2)cc(C(=O)N2CCN(Cc4ccc5c(c4)OCO5)CC2)n3C)nc1. The molecule has 2 aliphatic heterocycles. The molecule has 6 rings (SSSR count). The number of amides is 1. The largest absolute Gasteiger partial charge is 0.454 e. The zero-order chi connectivity index (χ0) is 25.4. The molecule has 1 fully saturated rings. The summed E-state index contributed by atoms with van der Waals surface area (Å²) in [7, 11) is 3.78. The highest BCUT2D eigenvalue weighted by Gasteiger charge is 2.25. The number of hydrogen-bond acceptors (Lipinski definition) is 7. The van der Waals surface area contributed by atoms with Crippen molar-refractivity contribution in [3.63, 3.8) is 0 Å². The third-order valence-corrected chi connectivity index (χ3v) is 6.98. The van der Waals surface area contributed by atoms with Crippen molar-refractivity contribution in [1.82, 2.24) is 19.4 Å². The lowest BCUT2D eigenvalue weighted by atomic mass is 10.1. The molecule has 9 nitrogen and oxygen atoms in total. The Morgan fingerprint density at radius 2 is 1.84 bits per heavy atom. The molecule has 0 spiro atoms. The number of anilines is 1. The Morgan fingerprint density at radius 3 is 2.62 bits per heavy atom. The highest BCUT2D eigenvalue weighted by Crippen LogP contribution is 2.33. The Kier molecular flexibility index (Phi) is 6.05. The zero-order valence-corrected chi connectivity index (χ0v) is 20.9. The quantitative estimate of drug-likeness (QED) is 0.428. The first-order valence-corrected chi connectivity index (χ1v) is 12.4. The number of nitrogens with zero attached hydrogens (tertiary/aromatic N) is 4. The first-order valence-electron chi connectivity index (χ1n) is 12.4. The number of nitrogens with one attached hydrogen (secondary N) is 1. The summed E-state index contributed by atoms with van der Waals surface area (Å²) in [5.41, 5.74) is 3.76. The Hall–Kier alpha value is -4.24. The molecule has 1 amide bonds. The van der Waals surface area contributed by atoms with Crippen molar-refractivity contribution < 1.29 is 19.0 Å². The van der Waals surface area contributed by atoms with Gasteiger partial charge in [-0.15, -0.1) is 0 Å². The van der Waals surface area contributed by atoms with Crippen molar-refractivity contribution >= 4 is 22.5 Å². The Morgan fingerprint density at radius 1 is 1.00 bits per heavy atom. The molecule has 37 heavy (non-hydrogen) atoms. The van der Waals surface area contributed by atoms with Gasteiger partial charge in [-0.2, -0.15) is 0 Å². The van der Waals surface area contributed by atoms with Crippen molar-refractivity contribution in [2.45, 2.75) is 6.54 Å². The van der Waals surface area contributed by atoms with E-state index in [2.05, 4.69) is 21.3 Å². The number of carbonyl (C=O) groups is 1. The van der Waals surface area contributed by atoms with E-state index in [1.807, 2.05) is 72.1 Å². The highest BCUT2D eigenvalue weighted by molar-refractivity contribution is 5.99. The van der Waals surface area contributed by atoms with E-state index in [1.54, 1.807) is 6.20 Å². The summed E-state index contributed by atoms with van der Waals surface area (Å²) in [6, 6.07) is 17.6. The topological polar surface area (TPSA) is 81.1 Å². The van der Waals surface area contributed by atoms with Crippen molar-refractivity contribution in [3.05, 3.63) is 72.1 Å². The monoisotopic (exact) mass is 499 g/mol. The van der Waals surface area contributed by atoms with Crippen molar-refractivity contribution in [2.24, 2.45) is 7.05 Å². The number of rotatable bonds is 6. The molecule has 1 saturated heterocycles. The first kappa shape index (κ1) is 23.2. The molecule has 0 bridgehead atoms. The minimum atomic E-state index is 0.0493. The molecule has 2 aliphatic rings. The van der Waals surface area contributed by atoms with Crippen LogP contribution in [0.15, 0.2) is 60.8 Å². The van der Waals surface area contributed by atoms with Crippen LogP contribution in [0, 0.1) is 0 Å². The molecule has 4 aromatic rings. The second-order valence-corrected chi connectivity index (χ2v) is 9.30. The molecule has 190 valence electrons. The van der Waals surface area contributed by atoms with Crippen LogP contribution in [-0.4, -0.2) is 65.3 Å².